The number of rotatable bonds is 3. The zero-order valence-corrected chi connectivity index (χ0v) is 12.8. The van der Waals surface area contributed by atoms with E-state index >= 15 is 0 Å². The van der Waals surface area contributed by atoms with E-state index in [1.54, 1.807) is 0 Å². The Bertz CT molecular complexity index is 428. The summed E-state index contributed by atoms with van der Waals surface area (Å²) in [4.78, 5) is 12.0. The molecule has 1 aromatic rings. The van der Waals surface area contributed by atoms with Crippen LogP contribution < -0.4 is 10.6 Å². The lowest BCUT2D eigenvalue weighted by Gasteiger charge is -2.22. The largest absolute Gasteiger partial charge is 0.352 e. The molecule has 2 N–H and O–H groups in total. The van der Waals surface area contributed by atoms with Gasteiger partial charge in [-0.3, -0.25) is 4.79 Å². The molecule has 18 heavy (non-hydrogen) atoms. The van der Waals surface area contributed by atoms with Crippen molar-refractivity contribution in [3.63, 3.8) is 0 Å². The molecule has 1 aliphatic rings. The smallest absolute Gasteiger partial charge is 0.251 e. The number of hydrogen-bond acceptors (Lipinski definition) is 2. The number of carbonyl (C=O) groups is 1. The highest BCUT2D eigenvalue weighted by molar-refractivity contribution is 14.1. The summed E-state index contributed by atoms with van der Waals surface area (Å²) in [6, 6.07) is 5.84. The number of carbonyl (C=O) groups excluding carboxylic acids is 1. The molecular formula is C14H19IN2O. The molecular weight excluding hydrogens is 339 g/mol. The molecule has 1 saturated heterocycles. The summed E-state index contributed by atoms with van der Waals surface area (Å²) in [6.07, 6.45) is 2.42. The summed E-state index contributed by atoms with van der Waals surface area (Å²) in [7, 11) is 0. The van der Waals surface area contributed by atoms with Crippen LogP contribution in [0.4, 0.5) is 0 Å². The highest BCUT2D eigenvalue weighted by Gasteiger charge is 2.14. The third-order valence-corrected chi connectivity index (χ3v) is 4.55. The lowest BCUT2D eigenvalue weighted by molar-refractivity contribution is 0.0945. The fourth-order valence-electron chi connectivity index (χ4n) is 2.17. The van der Waals surface area contributed by atoms with Crippen molar-refractivity contribution < 1.29 is 4.79 Å². The van der Waals surface area contributed by atoms with Gasteiger partial charge in [0.15, 0.2) is 0 Å². The number of hydrogen-bond donors (Lipinski definition) is 2. The van der Waals surface area contributed by atoms with E-state index < -0.39 is 0 Å². The molecule has 1 fully saturated rings. The minimum Gasteiger partial charge on any atom is -0.352 e. The number of benzene rings is 1. The summed E-state index contributed by atoms with van der Waals surface area (Å²) in [5, 5.41) is 6.40. The first-order valence-electron chi connectivity index (χ1n) is 6.42. The summed E-state index contributed by atoms with van der Waals surface area (Å²) in [5.41, 5.74) is 1.97. The number of nitrogens with one attached hydrogen (secondary N) is 2. The molecule has 1 atom stereocenters. The summed E-state index contributed by atoms with van der Waals surface area (Å²) in [5.74, 6) is 0.616. The zero-order valence-electron chi connectivity index (χ0n) is 10.6. The van der Waals surface area contributed by atoms with Gasteiger partial charge in [-0.15, -0.1) is 0 Å². The third kappa shape index (κ3) is 3.68. The summed E-state index contributed by atoms with van der Waals surface area (Å²) in [6.45, 7) is 4.96. The Morgan fingerprint density at radius 2 is 2.39 bits per heavy atom. The molecule has 0 saturated carbocycles. The first-order valence-corrected chi connectivity index (χ1v) is 7.50. The van der Waals surface area contributed by atoms with Gasteiger partial charge in [0.05, 0.1) is 0 Å². The van der Waals surface area contributed by atoms with E-state index in [0.29, 0.717) is 5.92 Å². The van der Waals surface area contributed by atoms with Gasteiger partial charge in [-0.05, 0) is 79.1 Å². The second-order valence-corrected chi connectivity index (χ2v) is 6.05. The Morgan fingerprint density at radius 3 is 3.06 bits per heavy atom. The van der Waals surface area contributed by atoms with Crippen LogP contribution in [-0.2, 0) is 0 Å². The molecule has 1 heterocycles. The lowest BCUT2D eigenvalue weighted by Crippen LogP contribution is -2.38. The van der Waals surface area contributed by atoms with Crippen LogP contribution >= 0.6 is 22.6 Å². The Hall–Kier alpha value is -0.620. The minimum atomic E-state index is 0.0403. The lowest BCUT2D eigenvalue weighted by atomic mass is 9.99. The zero-order chi connectivity index (χ0) is 13.0. The molecule has 98 valence electrons. The van der Waals surface area contributed by atoms with Crippen molar-refractivity contribution >= 4 is 28.5 Å². The van der Waals surface area contributed by atoms with Gasteiger partial charge in [0, 0.05) is 15.7 Å². The molecule has 0 aromatic heterocycles. The van der Waals surface area contributed by atoms with Crippen LogP contribution in [0, 0.1) is 16.4 Å². The van der Waals surface area contributed by atoms with Crippen LogP contribution in [0.25, 0.3) is 0 Å². The normalized spacial score (nSPS) is 19.6. The van der Waals surface area contributed by atoms with E-state index in [1.165, 1.54) is 18.4 Å². The topological polar surface area (TPSA) is 41.1 Å². The molecule has 1 aliphatic heterocycles. The molecule has 3 nitrogen and oxygen atoms in total. The van der Waals surface area contributed by atoms with Crippen LogP contribution in [0.2, 0.25) is 0 Å². The Kier molecular flexibility index (Phi) is 5.00. The predicted octanol–water partition coefficient (Wildman–Crippen LogP) is 2.33. The highest BCUT2D eigenvalue weighted by atomic mass is 127. The van der Waals surface area contributed by atoms with Crippen molar-refractivity contribution in [2.45, 2.75) is 19.8 Å². The number of aryl methyl sites for hydroxylation is 1. The fraction of sp³-hybridized carbons (Fsp3) is 0.500. The second-order valence-electron chi connectivity index (χ2n) is 4.89. The van der Waals surface area contributed by atoms with Gasteiger partial charge in [0.2, 0.25) is 0 Å². The fourth-order valence-corrected chi connectivity index (χ4v) is 2.69. The molecule has 0 radical (unpaired) electrons. The maximum Gasteiger partial charge on any atom is 0.251 e. The van der Waals surface area contributed by atoms with E-state index in [4.69, 9.17) is 0 Å². The number of piperidine rings is 1. The molecule has 0 bridgehead atoms. The standard InChI is InChI=1S/C14H19IN2O/c1-10-4-5-12(7-13(10)15)14(18)17-9-11-3-2-6-16-8-11/h4-5,7,11,16H,2-3,6,8-9H2,1H3,(H,17,18). The number of halogens is 1. The maximum atomic E-state index is 12.0. The van der Waals surface area contributed by atoms with E-state index in [-0.39, 0.29) is 5.91 Å². The summed E-state index contributed by atoms with van der Waals surface area (Å²) >= 11 is 2.26. The van der Waals surface area contributed by atoms with E-state index in [1.807, 2.05) is 18.2 Å². The Labute approximate surface area is 122 Å². The highest BCUT2D eigenvalue weighted by Crippen LogP contribution is 2.14. The number of amides is 1. The third-order valence-electron chi connectivity index (χ3n) is 3.38. The van der Waals surface area contributed by atoms with Gasteiger partial charge in [-0.25, -0.2) is 0 Å². The second kappa shape index (κ2) is 6.52. The van der Waals surface area contributed by atoms with E-state index in [0.717, 1.165) is 28.8 Å². The minimum absolute atomic E-state index is 0.0403. The van der Waals surface area contributed by atoms with Crippen molar-refractivity contribution in [2.24, 2.45) is 5.92 Å². The predicted molar refractivity (Wildman–Crippen MR) is 81.8 cm³/mol. The van der Waals surface area contributed by atoms with Crippen molar-refractivity contribution in [1.82, 2.24) is 10.6 Å². The molecule has 1 unspecified atom stereocenters. The van der Waals surface area contributed by atoms with Crippen LogP contribution in [0.15, 0.2) is 18.2 Å². The van der Waals surface area contributed by atoms with Gasteiger partial charge < -0.3 is 10.6 Å². The Balaban J connectivity index is 1.88. The maximum absolute atomic E-state index is 12.0. The van der Waals surface area contributed by atoms with E-state index in [2.05, 4.69) is 40.1 Å². The van der Waals surface area contributed by atoms with Gasteiger partial charge in [-0.1, -0.05) is 6.07 Å². The molecule has 0 spiro atoms. The average molecular weight is 358 g/mol. The van der Waals surface area contributed by atoms with Crippen molar-refractivity contribution in [1.29, 1.82) is 0 Å². The average Bonchev–Trinajstić information content (AvgIpc) is 2.40. The van der Waals surface area contributed by atoms with Gasteiger partial charge >= 0.3 is 0 Å². The first-order chi connectivity index (χ1) is 8.66. The van der Waals surface area contributed by atoms with Crippen LogP contribution in [0.5, 0.6) is 0 Å². The molecule has 1 aromatic carbocycles. The summed E-state index contributed by atoms with van der Waals surface area (Å²) < 4.78 is 1.14. The quantitative estimate of drug-likeness (QED) is 0.815. The van der Waals surface area contributed by atoms with Gasteiger partial charge in [0.25, 0.3) is 5.91 Å². The van der Waals surface area contributed by atoms with Crippen LogP contribution in [0.3, 0.4) is 0 Å². The van der Waals surface area contributed by atoms with E-state index in [9.17, 15) is 4.79 Å². The van der Waals surface area contributed by atoms with Crippen LogP contribution in [0.1, 0.15) is 28.8 Å². The monoisotopic (exact) mass is 358 g/mol. The molecule has 0 aliphatic carbocycles. The van der Waals surface area contributed by atoms with Gasteiger partial charge in [-0.2, -0.15) is 0 Å². The van der Waals surface area contributed by atoms with Crippen LogP contribution in [-0.4, -0.2) is 25.5 Å². The Morgan fingerprint density at radius 1 is 1.56 bits per heavy atom. The SMILES string of the molecule is Cc1ccc(C(=O)NCC2CCCNC2)cc1I. The first kappa shape index (κ1) is 13.8. The molecule has 4 heteroatoms. The van der Waals surface area contributed by atoms with Crippen molar-refractivity contribution in [3.8, 4) is 0 Å². The van der Waals surface area contributed by atoms with Crippen molar-refractivity contribution in [2.75, 3.05) is 19.6 Å². The molecule has 1 amide bonds. The van der Waals surface area contributed by atoms with Gasteiger partial charge in [0.1, 0.15) is 0 Å². The molecule has 2 rings (SSSR count). The van der Waals surface area contributed by atoms with Crippen molar-refractivity contribution in [3.05, 3.63) is 32.9 Å².